The minimum Gasteiger partial charge on any atom is -0.480 e. The SMILES string of the molecule is O=C(N[C@@H](Cc1ccc(-c2ccccc2CO)cc1)C(=O)O)c1c(Cl)cccc1Cl. The molecule has 0 spiro atoms. The maximum atomic E-state index is 12.5. The number of hydrogen-bond acceptors (Lipinski definition) is 3. The van der Waals surface area contributed by atoms with Gasteiger partial charge >= 0.3 is 5.97 Å². The van der Waals surface area contributed by atoms with Crippen LogP contribution in [0.15, 0.2) is 66.7 Å². The van der Waals surface area contributed by atoms with Crippen LogP contribution in [0.2, 0.25) is 10.0 Å². The first-order valence-electron chi connectivity index (χ1n) is 9.16. The first-order chi connectivity index (χ1) is 14.4. The van der Waals surface area contributed by atoms with Crippen molar-refractivity contribution in [1.82, 2.24) is 5.32 Å². The van der Waals surface area contributed by atoms with E-state index in [0.29, 0.717) is 0 Å². The van der Waals surface area contributed by atoms with E-state index >= 15 is 0 Å². The van der Waals surface area contributed by atoms with Crippen LogP contribution in [0.1, 0.15) is 21.5 Å². The fourth-order valence-corrected chi connectivity index (χ4v) is 3.71. The topological polar surface area (TPSA) is 86.6 Å². The molecule has 30 heavy (non-hydrogen) atoms. The molecule has 7 heteroatoms. The Labute approximate surface area is 183 Å². The molecule has 1 atom stereocenters. The highest BCUT2D eigenvalue weighted by Crippen LogP contribution is 2.26. The van der Waals surface area contributed by atoms with Crippen molar-refractivity contribution in [2.75, 3.05) is 0 Å². The third-order valence-corrected chi connectivity index (χ3v) is 5.32. The molecule has 0 bridgehead atoms. The van der Waals surface area contributed by atoms with Crippen molar-refractivity contribution in [3.05, 3.63) is 93.5 Å². The van der Waals surface area contributed by atoms with Gasteiger partial charge in [-0.25, -0.2) is 4.79 Å². The average Bonchev–Trinajstić information content (AvgIpc) is 2.73. The number of carboxylic acid groups (broad SMARTS) is 1. The Kier molecular flexibility index (Phi) is 7.11. The van der Waals surface area contributed by atoms with Gasteiger partial charge in [0.15, 0.2) is 0 Å². The van der Waals surface area contributed by atoms with Crippen molar-refractivity contribution in [2.45, 2.75) is 19.1 Å². The minimum absolute atomic E-state index is 0.0445. The molecular formula is C23H19Cl2NO4. The maximum Gasteiger partial charge on any atom is 0.326 e. The van der Waals surface area contributed by atoms with E-state index in [4.69, 9.17) is 23.2 Å². The summed E-state index contributed by atoms with van der Waals surface area (Å²) >= 11 is 12.1. The van der Waals surface area contributed by atoms with Gasteiger partial charge in [-0.1, -0.05) is 77.8 Å². The van der Waals surface area contributed by atoms with Crippen molar-refractivity contribution in [3.63, 3.8) is 0 Å². The van der Waals surface area contributed by atoms with Gasteiger partial charge in [0.2, 0.25) is 0 Å². The first kappa shape index (κ1) is 21.8. The molecular weight excluding hydrogens is 425 g/mol. The monoisotopic (exact) mass is 443 g/mol. The Bertz CT molecular complexity index is 1050. The molecule has 3 rings (SSSR count). The van der Waals surface area contributed by atoms with Crippen LogP contribution >= 0.6 is 23.2 Å². The number of aliphatic hydroxyl groups excluding tert-OH is 1. The van der Waals surface area contributed by atoms with Gasteiger partial charge in [-0.05, 0) is 34.4 Å². The zero-order chi connectivity index (χ0) is 21.7. The smallest absolute Gasteiger partial charge is 0.326 e. The van der Waals surface area contributed by atoms with Gasteiger partial charge in [0, 0.05) is 6.42 Å². The number of halogens is 2. The number of aliphatic carboxylic acids is 1. The van der Waals surface area contributed by atoms with Gasteiger partial charge in [0.05, 0.1) is 22.2 Å². The summed E-state index contributed by atoms with van der Waals surface area (Å²) in [6.07, 6.45) is 0.0884. The summed E-state index contributed by atoms with van der Waals surface area (Å²) in [6, 6.07) is 18.3. The van der Waals surface area contributed by atoms with E-state index in [1.54, 1.807) is 18.2 Å². The lowest BCUT2D eigenvalue weighted by atomic mass is 9.97. The molecule has 0 fully saturated rings. The largest absolute Gasteiger partial charge is 0.480 e. The molecule has 3 aromatic carbocycles. The predicted molar refractivity (Wildman–Crippen MR) is 117 cm³/mol. The van der Waals surface area contributed by atoms with Gasteiger partial charge in [-0.15, -0.1) is 0 Å². The van der Waals surface area contributed by atoms with E-state index in [1.165, 1.54) is 12.1 Å². The zero-order valence-electron chi connectivity index (χ0n) is 15.8. The van der Waals surface area contributed by atoms with Gasteiger partial charge in [0.25, 0.3) is 5.91 Å². The molecule has 0 heterocycles. The number of hydrogen-bond donors (Lipinski definition) is 3. The van der Waals surface area contributed by atoms with E-state index in [9.17, 15) is 19.8 Å². The highest BCUT2D eigenvalue weighted by molar-refractivity contribution is 6.39. The minimum atomic E-state index is -1.17. The van der Waals surface area contributed by atoms with Gasteiger partial charge in [0.1, 0.15) is 6.04 Å². The first-order valence-corrected chi connectivity index (χ1v) is 9.92. The van der Waals surface area contributed by atoms with Crippen LogP contribution in [0.4, 0.5) is 0 Å². The molecule has 3 N–H and O–H groups in total. The summed E-state index contributed by atoms with van der Waals surface area (Å²) in [5.41, 5.74) is 3.39. The molecule has 0 aliphatic carbocycles. The number of nitrogens with one attached hydrogen (secondary N) is 1. The Morgan fingerprint density at radius 3 is 2.13 bits per heavy atom. The highest BCUT2D eigenvalue weighted by atomic mass is 35.5. The Balaban J connectivity index is 1.77. The molecule has 3 aromatic rings. The van der Waals surface area contributed by atoms with E-state index in [0.717, 1.165) is 22.3 Å². The van der Waals surface area contributed by atoms with Crippen LogP contribution in [0.3, 0.4) is 0 Å². The van der Waals surface area contributed by atoms with Crippen LogP contribution in [-0.4, -0.2) is 28.1 Å². The Hall–Kier alpha value is -2.86. The van der Waals surface area contributed by atoms with Crippen molar-refractivity contribution in [3.8, 4) is 11.1 Å². The molecule has 0 saturated carbocycles. The van der Waals surface area contributed by atoms with E-state index in [-0.39, 0.29) is 28.6 Å². The maximum absolute atomic E-state index is 12.5. The third kappa shape index (κ3) is 5.00. The molecule has 0 saturated heterocycles. The molecule has 0 aromatic heterocycles. The fraction of sp³-hybridized carbons (Fsp3) is 0.130. The van der Waals surface area contributed by atoms with Gasteiger partial charge in [-0.2, -0.15) is 0 Å². The molecule has 0 unspecified atom stereocenters. The second kappa shape index (κ2) is 9.76. The molecule has 0 radical (unpaired) electrons. The lowest BCUT2D eigenvalue weighted by Gasteiger charge is -2.16. The molecule has 1 amide bonds. The van der Waals surface area contributed by atoms with Crippen molar-refractivity contribution in [2.24, 2.45) is 0 Å². The number of rotatable bonds is 7. The van der Waals surface area contributed by atoms with Crippen LogP contribution < -0.4 is 5.32 Å². The lowest BCUT2D eigenvalue weighted by molar-refractivity contribution is -0.139. The van der Waals surface area contributed by atoms with Crippen LogP contribution in [-0.2, 0) is 17.8 Å². The van der Waals surface area contributed by atoms with Crippen molar-refractivity contribution in [1.29, 1.82) is 0 Å². The quantitative estimate of drug-likeness (QED) is 0.498. The number of carbonyl (C=O) groups excluding carboxylic acids is 1. The number of benzene rings is 3. The van der Waals surface area contributed by atoms with E-state index in [1.807, 2.05) is 36.4 Å². The lowest BCUT2D eigenvalue weighted by Crippen LogP contribution is -2.42. The number of carboxylic acids is 1. The molecule has 5 nitrogen and oxygen atoms in total. The second-order valence-corrected chi connectivity index (χ2v) is 7.49. The predicted octanol–water partition coefficient (Wildman–Crippen LogP) is 4.58. The third-order valence-electron chi connectivity index (χ3n) is 4.69. The molecule has 0 aliphatic rings. The van der Waals surface area contributed by atoms with Crippen LogP contribution in [0.25, 0.3) is 11.1 Å². The Morgan fingerprint density at radius 1 is 0.900 bits per heavy atom. The normalized spacial score (nSPS) is 11.7. The molecule has 154 valence electrons. The second-order valence-electron chi connectivity index (χ2n) is 6.68. The summed E-state index contributed by atoms with van der Waals surface area (Å²) in [6.45, 7) is -0.0738. The van der Waals surface area contributed by atoms with Gasteiger partial charge < -0.3 is 15.5 Å². The zero-order valence-corrected chi connectivity index (χ0v) is 17.3. The number of amides is 1. The van der Waals surface area contributed by atoms with E-state index < -0.39 is 17.9 Å². The van der Waals surface area contributed by atoms with E-state index in [2.05, 4.69) is 5.32 Å². The summed E-state index contributed by atoms with van der Waals surface area (Å²) in [5.74, 6) is -1.81. The highest BCUT2D eigenvalue weighted by Gasteiger charge is 2.23. The van der Waals surface area contributed by atoms with Crippen LogP contribution in [0, 0.1) is 0 Å². The Morgan fingerprint density at radius 2 is 1.53 bits per heavy atom. The standard InChI is InChI=1S/C23H19Cl2NO4/c24-18-6-3-7-19(25)21(18)22(28)26-20(23(29)30)12-14-8-10-15(11-9-14)17-5-2-1-4-16(17)13-27/h1-11,20,27H,12-13H2,(H,26,28)(H,29,30)/t20-/m0/s1. The average molecular weight is 444 g/mol. The fourth-order valence-electron chi connectivity index (χ4n) is 3.14. The van der Waals surface area contributed by atoms with Gasteiger partial charge in [-0.3, -0.25) is 4.79 Å². The number of carbonyl (C=O) groups is 2. The van der Waals surface area contributed by atoms with Crippen molar-refractivity contribution < 1.29 is 19.8 Å². The summed E-state index contributed by atoms with van der Waals surface area (Å²) < 4.78 is 0. The number of aliphatic hydroxyl groups is 1. The van der Waals surface area contributed by atoms with Crippen LogP contribution in [0.5, 0.6) is 0 Å². The summed E-state index contributed by atoms with van der Waals surface area (Å²) in [4.78, 5) is 24.2. The van der Waals surface area contributed by atoms with Crippen molar-refractivity contribution >= 4 is 35.1 Å². The summed E-state index contributed by atoms with van der Waals surface area (Å²) in [5, 5.41) is 21.9. The summed E-state index contributed by atoms with van der Waals surface area (Å²) in [7, 11) is 0. The molecule has 0 aliphatic heterocycles.